The summed E-state index contributed by atoms with van der Waals surface area (Å²) in [6.07, 6.45) is 0.768. The van der Waals surface area contributed by atoms with Crippen LogP contribution in [-0.4, -0.2) is 26.3 Å². The number of thiazole rings is 1. The smallest absolute Gasteiger partial charge is 0.191 e. The maximum absolute atomic E-state index is 5.52. The first kappa shape index (κ1) is 12.5. The highest BCUT2D eigenvalue weighted by molar-refractivity contribution is 7.98. The molecule has 0 aliphatic rings. The molecule has 0 atom stereocenters. The highest BCUT2D eigenvalue weighted by Gasteiger charge is 2.10. The first-order chi connectivity index (χ1) is 8.22. The van der Waals surface area contributed by atoms with E-state index in [2.05, 4.69) is 15.2 Å². The maximum Gasteiger partial charge on any atom is 0.191 e. The lowest BCUT2D eigenvalue weighted by Crippen LogP contribution is -2.08. The largest absolute Gasteiger partial charge is 0.330 e. The molecule has 0 spiro atoms. The molecule has 0 aromatic carbocycles. The van der Waals surface area contributed by atoms with Gasteiger partial charge in [0.2, 0.25) is 0 Å². The highest BCUT2D eigenvalue weighted by Crippen LogP contribution is 2.24. The van der Waals surface area contributed by atoms with Crippen molar-refractivity contribution in [2.24, 2.45) is 12.8 Å². The van der Waals surface area contributed by atoms with E-state index in [0.29, 0.717) is 6.54 Å². The fraction of sp³-hybridized carbons (Fsp3) is 0.500. The van der Waals surface area contributed by atoms with Crippen LogP contribution in [0.1, 0.15) is 16.4 Å². The molecule has 0 fully saturated rings. The normalized spacial score (nSPS) is 11.0. The van der Waals surface area contributed by atoms with Gasteiger partial charge in [-0.3, -0.25) is 0 Å². The van der Waals surface area contributed by atoms with E-state index in [1.54, 1.807) is 23.1 Å². The average Bonchev–Trinajstić information content (AvgIpc) is 2.86. The van der Waals surface area contributed by atoms with Gasteiger partial charge in [0, 0.05) is 24.1 Å². The Labute approximate surface area is 108 Å². The van der Waals surface area contributed by atoms with E-state index in [-0.39, 0.29) is 0 Å². The number of aromatic nitrogens is 4. The summed E-state index contributed by atoms with van der Waals surface area (Å²) in [5.74, 6) is 1.83. The van der Waals surface area contributed by atoms with Gasteiger partial charge < -0.3 is 10.3 Å². The molecule has 0 saturated carbocycles. The molecule has 2 aromatic rings. The minimum absolute atomic E-state index is 0.602. The summed E-state index contributed by atoms with van der Waals surface area (Å²) in [6, 6.07) is 0. The molecule has 17 heavy (non-hydrogen) atoms. The van der Waals surface area contributed by atoms with E-state index in [4.69, 9.17) is 5.73 Å². The van der Waals surface area contributed by atoms with Gasteiger partial charge in [-0.15, -0.1) is 21.5 Å². The Kier molecular flexibility index (Phi) is 4.14. The zero-order chi connectivity index (χ0) is 12.3. The van der Waals surface area contributed by atoms with Crippen LogP contribution in [0, 0.1) is 6.92 Å². The topological polar surface area (TPSA) is 69.6 Å². The Hall–Kier alpha value is -0.920. The van der Waals surface area contributed by atoms with Crippen molar-refractivity contribution in [3.8, 4) is 0 Å². The minimum Gasteiger partial charge on any atom is -0.330 e. The molecule has 92 valence electrons. The lowest BCUT2D eigenvalue weighted by atomic mass is 10.4. The Bertz CT molecular complexity index is 491. The fourth-order valence-corrected chi connectivity index (χ4v) is 3.29. The van der Waals surface area contributed by atoms with Gasteiger partial charge in [0.25, 0.3) is 0 Å². The van der Waals surface area contributed by atoms with E-state index in [9.17, 15) is 0 Å². The van der Waals surface area contributed by atoms with Crippen LogP contribution < -0.4 is 5.73 Å². The molecule has 0 aliphatic carbocycles. The SMILES string of the molecule is Cc1ncsc1CSc1nnc(CCN)n1C. The van der Waals surface area contributed by atoms with E-state index in [1.807, 2.05) is 24.0 Å². The van der Waals surface area contributed by atoms with E-state index >= 15 is 0 Å². The van der Waals surface area contributed by atoms with Gasteiger partial charge in [0.15, 0.2) is 5.16 Å². The Morgan fingerprint density at radius 2 is 2.29 bits per heavy atom. The Balaban J connectivity index is 2.02. The number of thioether (sulfide) groups is 1. The molecular formula is C10H15N5S2. The van der Waals surface area contributed by atoms with E-state index in [0.717, 1.165) is 28.8 Å². The molecular weight excluding hydrogens is 254 g/mol. The quantitative estimate of drug-likeness (QED) is 0.830. The molecule has 0 radical (unpaired) electrons. The molecule has 0 aliphatic heterocycles. The zero-order valence-electron chi connectivity index (χ0n) is 9.88. The molecule has 2 rings (SSSR count). The Morgan fingerprint density at radius 3 is 2.94 bits per heavy atom. The number of rotatable bonds is 5. The van der Waals surface area contributed by atoms with Crippen molar-refractivity contribution in [3.05, 3.63) is 21.9 Å². The summed E-state index contributed by atoms with van der Waals surface area (Å²) in [4.78, 5) is 5.52. The van der Waals surface area contributed by atoms with Crippen molar-refractivity contribution >= 4 is 23.1 Å². The second-order valence-corrected chi connectivity index (χ2v) is 5.53. The van der Waals surface area contributed by atoms with E-state index in [1.165, 1.54) is 4.88 Å². The first-order valence-corrected chi connectivity index (χ1v) is 7.19. The predicted octanol–water partition coefficient (Wildman–Crippen LogP) is 1.37. The van der Waals surface area contributed by atoms with Gasteiger partial charge in [-0.1, -0.05) is 11.8 Å². The van der Waals surface area contributed by atoms with Crippen LogP contribution in [0.4, 0.5) is 0 Å². The summed E-state index contributed by atoms with van der Waals surface area (Å²) >= 11 is 3.37. The van der Waals surface area contributed by atoms with Gasteiger partial charge in [0.1, 0.15) is 5.82 Å². The number of hydrogen-bond acceptors (Lipinski definition) is 6. The summed E-state index contributed by atoms with van der Waals surface area (Å²) in [5, 5.41) is 9.23. The van der Waals surface area contributed by atoms with Crippen molar-refractivity contribution in [1.29, 1.82) is 0 Å². The molecule has 0 saturated heterocycles. The molecule has 0 unspecified atom stereocenters. The van der Waals surface area contributed by atoms with Crippen molar-refractivity contribution in [2.45, 2.75) is 24.3 Å². The van der Waals surface area contributed by atoms with Gasteiger partial charge in [-0.05, 0) is 13.5 Å². The molecule has 0 bridgehead atoms. The molecule has 5 nitrogen and oxygen atoms in total. The third-order valence-corrected chi connectivity index (χ3v) is 4.63. The number of aryl methyl sites for hydroxylation is 1. The second kappa shape index (κ2) is 5.61. The van der Waals surface area contributed by atoms with Crippen molar-refractivity contribution in [1.82, 2.24) is 19.7 Å². The van der Waals surface area contributed by atoms with Crippen LogP contribution in [0.15, 0.2) is 10.7 Å². The van der Waals surface area contributed by atoms with Crippen LogP contribution >= 0.6 is 23.1 Å². The zero-order valence-corrected chi connectivity index (χ0v) is 11.5. The molecule has 7 heteroatoms. The number of hydrogen-bond donors (Lipinski definition) is 1. The molecule has 2 aromatic heterocycles. The monoisotopic (exact) mass is 269 g/mol. The Morgan fingerprint density at radius 1 is 1.47 bits per heavy atom. The predicted molar refractivity (Wildman–Crippen MR) is 70.2 cm³/mol. The number of nitrogens with two attached hydrogens (primary N) is 1. The van der Waals surface area contributed by atoms with Crippen LogP contribution in [0.2, 0.25) is 0 Å². The summed E-state index contributed by atoms with van der Waals surface area (Å²) in [6.45, 7) is 2.63. The van der Waals surface area contributed by atoms with Gasteiger partial charge in [-0.25, -0.2) is 4.98 Å². The summed E-state index contributed by atoms with van der Waals surface area (Å²) in [5.41, 5.74) is 8.50. The molecule has 0 amide bonds. The summed E-state index contributed by atoms with van der Waals surface area (Å²) < 4.78 is 2.01. The average molecular weight is 269 g/mol. The third kappa shape index (κ3) is 2.85. The van der Waals surface area contributed by atoms with Crippen LogP contribution in [0.3, 0.4) is 0 Å². The van der Waals surface area contributed by atoms with Crippen LogP contribution in [0.5, 0.6) is 0 Å². The standard InChI is InChI=1S/C10H15N5S2/c1-7-8(17-6-12-7)5-16-10-14-13-9(3-4-11)15(10)2/h6H,3-5,11H2,1-2H3. The minimum atomic E-state index is 0.602. The van der Waals surface area contributed by atoms with Gasteiger partial charge in [0.05, 0.1) is 11.2 Å². The van der Waals surface area contributed by atoms with Crippen LogP contribution in [0.25, 0.3) is 0 Å². The fourth-order valence-electron chi connectivity index (χ4n) is 1.41. The number of nitrogens with zero attached hydrogens (tertiary/aromatic N) is 4. The van der Waals surface area contributed by atoms with Crippen molar-refractivity contribution < 1.29 is 0 Å². The van der Waals surface area contributed by atoms with E-state index < -0.39 is 0 Å². The summed E-state index contributed by atoms with van der Waals surface area (Å²) in [7, 11) is 1.98. The second-order valence-electron chi connectivity index (χ2n) is 3.65. The molecule has 2 heterocycles. The highest BCUT2D eigenvalue weighted by atomic mass is 32.2. The lowest BCUT2D eigenvalue weighted by Gasteiger charge is -2.02. The lowest BCUT2D eigenvalue weighted by molar-refractivity contribution is 0.727. The molecule has 2 N–H and O–H groups in total. The van der Waals surface area contributed by atoms with Gasteiger partial charge >= 0.3 is 0 Å². The van der Waals surface area contributed by atoms with Gasteiger partial charge in [-0.2, -0.15) is 0 Å². The third-order valence-electron chi connectivity index (χ3n) is 2.47. The van der Waals surface area contributed by atoms with Crippen LogP contribution in [-0.2, 0) is 19.2 Å². The first-order valence-electron chi connectivity index (χ1n) is 5.32. The van der Waals surface area contributed by atoms with Crippen molar-refractivity contribution in [3.63, 3.8) is 0 Å². The van der Waals surface area contributed by atoms with Crippen molar-refractivity contribution in [2.75, 3.05) is 6.54 Å². The maximum atomic E-state index is 5.52.